The number of anilines is 2. The number of esters is 1. The van der Waals surface area contributed by atoms with E-state index in [-0.39, 0.29) is 29.3 Å². The molecular formula is C26H22FN5O5S. The zero-order valence-corrected chi connectivity index (χ0v) is 20.9. The molecule has 0 saturated carbocycles. The topological polar surface area (TPSA) is 121 Å². The predicted molar refractivity (Wildman–Crippen MR) is 139 cm³/mol. The molecule has 10 nitrogen and oxygen atoms in total. The maximum Gasteiger partial charge on any atom is 0.338 e. The fourth-order valence-electron chi connectivity index (χ4n) is 3.69. The van der Waals surface area contributed by atoms with Crippen molar-refractivity contribution in [3.05, 3.63) is 90.0 Å². The monoisotopic (exact) mass is 535 g/mol. The van der Waals surface area contributed by atoms with Crippen LogP contribution in [0.15, 0.2) is 73.1 Å². The first kappa shape index (κ1) is 26.4. The van der Waals surface area contributed by atoms with E-state index in [4.69, 9.17) is 17.0 Å². The van der Waals surface area contributed by atoms with Crippen LogP contribution in [0, 0.1) is 5.82 Å². The summed E-state index contributed by atoms with van der Waals surface area (Å²) in [5.41, 5.74) is 3.76. The molecule has 1 aliphatic rings. The number of aromatic nitrogens is 1. The molecule has 2 aromatic carbocycles. The van der Waals surface area contributed by atoms with Gasteiger partial charge in [-0.3, -0.25) is 29.7 Å². The van der Waals surface area contributed by atoms with Crippen molar-refractivity contribution in [2.45, 2.75) is 19.4 Å². The third kappa shape index (κ3) is 5.81. The van der Waals surface area contributed by atoms with Gasteiger partial charge in [0, 0.05) is 18.1 Å². The Bertz CT molecular complexity index is 1370. The van der Waals surface area contributed by atoms with E-state index in [0.717, 1.165) is 5.01 Å². The Morgan fingerprint density at radius 2 is 1.76 bits per heavy atom. The highest BCUT2D eigenvalue weighted by Gasteiger charge is 2.45. The Balaban J connectivity index is 1.59. The largest absolute Gasteiger partial charge is 0.462 e. The first-order valence-electron chi connectivity index (χ1n) is 11.5. The second-order valence-electron chi connectivity index (χ2n) is 8.05. The number of rotatable bonds is 8. The number of carbonyl (C=O) groups is 4. The summed E-state index contributed by atoms with van der Waals surface area (Å²) in [6.45, 7) is 1.90. The molecule has 0 aliphatic carbocycles. The van der Waals surface area contributed by atoms with Crippen molar-refractivity contribution in [2.24, 2.45) is 0 Å². The number of ether oxygens (including phenoxy) is 1. The molecule has 0 unspecified atom stereocenters. The van der Waals surface area contributed by atoms with Crippen LogP contribution in [0.25, 0.3) is 0 Å². The van der Waals surface area contributed by atoms with Crippen LogP contribution in [0.1, 0.15) is 34.1 Å². The lowest BCUT2D eigenvalue weighted by atomic mass is 10.1. The molecule has 1 saturated heterocycles. The lowest BCUT2D eigenvalue weighted by Gasteiger charge is -2.24. The van der Waals surface area contributed by atoms with Crippen molar-refractivity contribution < 1.29 is 28.3 Å². The minimum atomic E-state index is -1.19. The Labute approximate surface area is 222 Å². The second kappa shape index (κ2) is 11.6. The van der Waals surface area contributed by atoms with Crippen molar-refractivity contribution in [3.63, 3.8) is 0 Å². The number of nitrogens with zero attached hydrogens (tertiary/aromatic N) is 3. The molecule has 0 radical (unpaired) electrons. The average molecular weight is 536 g/mol. The van der Waals surface area contributed by atoms with Crippen LogP contribution in [-0.2, 0) is 14.3 Å². The van der Waals surface area contributed by atoms with Crippen LogP contribution in [0.2, 0.25) is 0 Å². The fraction of sp³-hybridized carbons (Fsp3) is 0.154. The number of hydrazine groups is 1. The van der Waals surface area contributed by atoms with Crippen molar-refractivity contribution in [2.75, 3.05) is 16.8 Å². The lowest BCUT2D eigenvalue weighted by Crippen LogP contribution is -2.49. The molecule has 4 rings (SSSR count). The summed E-state index contributed by atoms with van der Waals surface area (Å²) in [6, 6.07) is 13.1. The van der Waals surface area contributed by atoms with Crippen molar-refractivity contribution >= 4 is 52.4 Å². The summed E-state index contributed by atoms with van der Waals surface area (Å²) >= 11 is 5.52. The molecule has 194 valence electrons. The second-order valence-corrected chi connectivity index (χ2v) is 8.42. The van der Waals surface area contributed by atoms with Gasteiger partial charge in [0.15, 0.2) is 0 Å². The van der Waals surface area contributed by atoms with Crippen molar-refractivity contribution in [1.82, 2.24) is 15.4 Å². The Kier molecular flexibility index (Phi) is 8.02. The van der Waals surface area contributed by atoms with E-state index in [1.807, 2.05) is 0 Å². The maximum absolute atomic E-state index is 13.5. The smallest absolute Gasteiger partial charge is 0.338 e. The SMILES string of the molecule is CCOC(=O)c1ccc(N2C(=O)[C@H](CC(=O)Nc3ccc(F)cc3)N(NC(=O)c3cccnc3)C2=S)cc1. The highest BCUT2D eigenvalue weighted by atomic mass is 32.1. The van der Waals surface area contributed by atoms with E-state index in [0.29, 0.717) is 11.4 Å². The van der Waals surface area contributed by atoms with E-state index >= 15 is 0 Å². The first-order valence-corrected chi connectivity index (χ1v) is 11.9. The van der Waals surface area contributed by atoms with E-state index in [1.54, 1.807) is 13.0 Å². The molecular weight excluding hydrogens is 513 g/mol. The number of thiocarbonyl (C=S) groups is 1. The molecule has 2 heterocycles. The van der Waals surface area contributed by atoms with E-state index in [2.05, 4.69) is 15.7 Å². The number of amides is 3. The summed E-state index contributed by atoms with van der Waals surface area (Å²) in [4.78, 5) is 56.3. The van der Waals surface area contributed by atoms with Crippen LogP contribution in [0.3, 0.4) is 0 Å². The molecule has 1 atom stereocenters. The Morgan fingerprint density at radius 1 is 1.05 bits per heavy atom. The van der Waals surface area contributed by atoms with Gasteiger partial charge in [0.2, 0.25) is 11.0 Å². The zero-order chi connectivity index (χ0) is 27.2. The quantitative estimate of drug-likeness (QED) is 0.334. The third-order valence-corrected chi connectivity index (χ3v) is 5.88. The van der Waals surface area contributed by atoms with Crippen molar-refractivity contribution in [3.8, 4) is 0 Å². The molecule has 3 aromatic rings. The van der Waals surface area contributed by atoms with Crippen LogP contribution in [0.5, 0.6) is 0 Å². The number of hydrogen-bond donors (Lipinski definition) is 2. The third-order valence-electron chi connectivity index (χ3n) is 5.50. The Morgan fingerprint density at radius 3 is 2.39 bits per heavy atom. The van der Waals surface area contributed by atoms with E-state index in [9.17, 15) is 23.6 Å². The van der Waals surface area contributed by atoms with Crippen LogP contribution >= 0.6 is 12.2 Å². The lowest BCUT2D eigenvalue weighted by molar-refractivity contribution is -0.124. The molecule has 0 bridgehead atoms. The minimum Gasteiger partial charge on any atom is -0.462 e. The highest BCUT2D eigenvalue weighted by molar-refractivity contribution is 7.80. The molecule has 1 aliphatic heterocycles. The maximum atomic E-state index is 13.5. The number of nitrogens with one attached hydrogen (secondary N) is 2. The Hall–Kier alpha value is -4.71. The standard InChI is InChI=1S/C26H22FN5O5S/c1-2-37-25(36)16-5-11-20(12-6-16)31-24(35)21(14-22(33)29-19-9-7-18(27)8-10-19)32(26(31)38)30-23(34)17-4-3-13-28-15-17/h3-13,15,21H,2,14H2,1H3,(H,29,33)(H,30,34)/t21-/m0/s1. The van der Waals surface area contributed by atoms with Crippen LogP contribution in [0.4, 0.5) is 15.8 Å². The summed E-state index contributed by atoms with van der Waals surface area (Å²) in [5, 5.41) is 3.68. The summed E-state index contributed by atoms with van der Waals surface area (Å²) in [6.07, 6.45) is 2.48. The van der Waals surface area contributed by atoms with Crippen LogP contribution in [-0.4, -0.2) is 51.4 Å². The van der Waals surface area contributed by atoms with Gasteiger partial charge in [-0.1, -0.05) is 0 Å². The van der Waals surface area contributed by atoms with Gasteiger partial charge in [-0.05, 0) is 79.8 Å². The molecule has 1 aromatic heterocycles. The van der Waals surface area contributed by atoms with Gasteiger partial charge in [-0.15, -0.1) is 0 Å². The van der Waals surface area contributed by atoms with E-state index < -0.39 is 35.5 Å². The number of benzene rings is 2. The van der Waals surface area contributed by atoms with Gasteiger partial charge < -0.3 is 10.1 Å². The van der Waals surface area contributed by atoms with Crippen molar-refractivity contribution in [1.29, 1.82) is 0 Å². The normalized spacial score (nSPS) is 14.8. The number of halogens is 1. The minimum absolute atomic E-state index is 0.0734. The van der Waals surface area contributed by atoms with Gasteiger partial charge in [0.1, 0.15) is 11.9 Å². The molecule has 2 N–H and O–H groups in total. The summed E-state index contributed by atoms with van der Waals surface area (Å²) < 4.78 is 18.2. The average Bonchev–Trinajstić information content (AvgIpc) is 3.14. The predicted octanol–water partition coefficient (Wildman–Crippen LogP) is 3.07. The van der Waals surface area contributed by atoms with Crippen LogP contribution < -0.4 is 15.6 Å². The summed E-state index contributed by atoms with van der Waals surface area (Å²) in [7, 11) is 0. The molecule has 3 amide bonds. The zero-order valence-electron chi connectivity index (χ0n) is 20.1. The molecule has 38 heavy (non-hydrogen) atoms. The van der Waals surface area contributed by atoms with Gasteiger partial charge in [-0.2, -0.15) is 0 Å². The van der Waals surface area contributed by atoms with Gasteiger partial charge in [0.25, 0.3) is 11.8 Å². The molecule has 1 fully saturated rings. The summed E-state index contributed by atoms with van der Waals surface area (Å²) in [5.74, 6) is -2.70. The van der Waals surface area contributed by atoms with Gasteiger partial charge in [0.05, 0.1) is 29.8 Å². The number of carbonyl (C=O) groups excluding carboxylic acids is 4. The fourth-order valence-corrected chi connectivity index (χ4v) is 4.06. The molecule has 12 heteroatoms. The number of hydrogen-bond acceptors (Lipinski definition) is 7. The van der Waals surface area contributed by atoms with Gasteiger partial charge >= 0.3 is 5.97 Å². The first-order chi connectivity index (χ1) is 18.3. The molecule has 0 spiro atoms. The van der Waals surface area contributed by atoms with Gasteiger partial charge in [-0.25, -0.2) is 14.2 Å². The van der Waals surface area contributed by atoms with E-state index in [1.165, 1.54) is 71.9 Å². The highest BCUT2D eigenvalue weighted by Crippen LogP contribution is 2.27. The number of pyridine rings is 1.